The van der Waals surface area contributed by atoms with Crippen LogP contribution in [0, 0.1) is 12.8 Å². The van der Waals surface area contributed by atoms with E-state index in [9.17, 15) is 13.2 Å². The minimum absolute atomic E-state index is 0.160. The van der Waals surface area contributed by atoms with E-state index < -0.39 is 10.0 Å². The molecule has 31 heavy (non-hydrogen) atoms. The fourth-order valence-electron chi connectivity index (χ4n) is 4.06. The van der Waals surface area contributed by atoms with Crippen molar-refractivity contribution >= 4 is 37.5 Å². The van der Waals surface area contributed by atoms with E-state index in [-0.39, 0.29) is 11.8 Å². The first-order valence-corrected chi connectivity index (χ1v) is 12.8. The van der Waals surface area contributed by atoms with Gasteiger partial charge in [-0.25, -0.2) is 8.42 Å². The molecule has 0 bridgehead atoms. The van der Waals surface area contributed by atoms with Crippen molar-refractivity contribution in [1.29, 1.82) is 0 Å². The van der Waals surface area contributed by atoms with Gasteiger partial charge in [0.1, 0.15) is 0 Å². The van der Waals surface area contributed by atoms with Gasteiger partial charge in [-0.15, -0.1) is 0 Å². The molecule has 6 nitrogen and oxygen atoms in total. The van der Waals surface area contributed by atoms with E-state index in [2.05, 4.69) is 24.0 Å². The number of amides is 1. The van der Waals surface area contributed by atoms with E-state index >= 15 is 0 Å². The number of aromatic nitrogens is 1. The van der Waals surface area contributed by atoms with Crippen LogP contribution in [0.4, 0.5) is 0 Å². The van der Waals surface area contributed by atoms with Crippen molar-refractivity contribution in [3.63, 3.8) is 0 Å². The molecule has 3 aromatic rings. The summed E-state index contributed by atoms with van der Waals surface area (Å²) < 4.78 is 30.4. The molecule has 0 radical (unpaired) electrons. The third kappa shape index (κ3) is 4.24. The van der Waals surface area contributed by atoms with Gasteiger partial charge >= 0.3 is 0 Å². The highest BCUT2D eigenvalue weighted by Crippen LogP contribution is 2.25. The largest absolute Gasteiger partial charge is 0.319 e. The van der Waals surface area contributed by atoms with E-state index in [4.69, 9.17) is 0 Å². The van der Waals surface area contributed by atoms with Crippen LogP contribution in [-0.4, -0.2) is 36.3 Å². The molecule has 0 N–H and O–H groups in total. The Balaban J connectivity index is 1.51. The average Bonchev–Trinajstić information content (AvgIpc) is 3.09. The Morgan fingerprint density at radius 3 is 2.45 bits per heavy atom. The quantitative estimate of drug-likeness (QED) is 0.601. The van der Waals surface area contributed by atoms with Crippen LogP contribution < -0.4 is 4.80 Å². The zero-order chi connectivity index (χ0) is 22.2. The van der Waals surface area contributed by atoms with Crippen molar-refractivity contribution < 1.29 is 13.2 Å². The first-order valence-electron chi connectivity index (χ1n) is 10.5. The lowest BCUT2D eigenvalue weighted by Gasteiger charge is -2.29. The molecule has 1 amide bonds. The monoisotopic (exact) mass is 457 g/mol. The number of fused-ring (bicyclic) bond motifs is 1. The molecule has 0 aliphatic carbocycles. The lowest BCUT2D eigenvalue weighted by atomic mass is 9.98. The van der Waals surface area contributed by atoms with E-state index in [0.29, 0.717) is 35.6 Å². The predicted octanol–water partition coefficient (Wildman–Crippen LogP) is 3.64. The Hall–Kier alpha value is -2.29. The number of hydrogen-bond donors (Lipinski definition) is 0. The van der Waals surface area contributed by atoms with Crippen LogP contribution in [0.2, 0.25) is 0 Å². The minimum atomic E-state index is -3.53. The lowest BCUT2D eigenvalue weighted by molar-refractivity contribution is -0.122. The van der Waals surface area contributed by atoms with Gasteiger partial charge in [0.2, 0.25) is 10.0 Å². The summed E-state index contributed by atoms with van der Waals surface area (Å²) in [5, 5.41) is 0. The van der Waals surface area contributed by atoms with Crippen LogP contribution >= 0.6 is 11.3 Å². The highest BCUT2D eigenvalue weighted by molar-refractivity contribution is 7.89. The van der Waals surface area contributed by atoms with Crippen molar-refractivity contribution in [2.45, 2.75) is 38.0 Å². The molecule has 0 saturated carbocycles. The summed E-state index contributed by atoms with van der Waals surface area (Å²) in [6.07, 6.45) is 1.90. The van der Waals surface area contributed by atoms with Gasteiger partial charge in [0.05, 0.1) is 15.1 Å². The predicted molar refractivity (Wildman–Crippen MR) is 123 cm³/mol. The third-order valence-electron chi connectivity index (χ3n) is 5.95. The molecule has 0 atom stereocenters. The Labute approximate surface area is 186 Å². The summed E-state index contributed by atoms with van der Waals surface area (Å²) in [4.78, 5) is 18.3. The highest BCUT2D eigenvalue weighted by atomic mass is 32.2. The Morgan fingerprint density at radius 2 is 1.81 bits per heavy atom. The second-order valence-corrected chi connectivity index (χ2v) is 10.9. The molecular formula is C23H27N3O3S2. The molecule has 0 spiro atoms. The van der Waals surface area contributed by atoms with Gasteiger partial charge in [0, 0.05) is 26.1 Å². The van der Waals surface area contributed by atoms with E-state index in [1.54, 1.807) is 24.3 Å². The van der Waals surface area contributed by atoms with Crippen LogP contribution in [0.25, 0.3) is 10.2 Å². The van der Waals surface area contributed by atoms with E-state index in [0.717, 1.165) is 22.2 Å². The van der Waals surface area contributed by atoms with Gasteiger partial charge in [-0.3, -0.25) is 4.79 Å². The third-order valence-corrected chi connectivity index (χ3v) is 8.96. The van der Waals surface area contributed by atoms with Crippen LogP contribution in [0.15, 0.2) is 52.4 Å². The van der Waals surface area contributed by atoms with Crippen LogP contribution in [0.3, 0.4) is 0 Å². The minimum Gasteiger partial charge on any atom is -0.319 e. The molecule has 2 heterocycles. The number of benzene rings is 2. The van der Waals surface area contributed by atoms with Gasteiger partial charge < -0.3 is 4.57 Å². The fraction of sp³-hybridized carbons (Fsp3) is 0.391. The number of aryl methyl sites for hydroxylation is 3. The number of carbonyl (C=O) groups excluding carboxylic acids is 1. The van der Waals surface area contributed by atoms with Crippen LogP contribution in [0.5, 0.6) is 0 Å². The van der Waals surface area contributed by atoms with Gasteiger partial charge in [-0.05, 0) is 49.9 Å². The Bertz CT molecular complexity index is 1280. The Morgan fingerprint density at radius 1 is 1.13 bits per heavy atom. The molecular weight excluding hydrogens is 430 g/mol. The molecule has 1 fully saturated rings. The normalized spacial score (nSPS) is 16.8. The summed E-state index contributed by atoms with van der Waals surface area (Å²) in [5.41, 5.74) is 3.38. The molecule has 1 aromatic heterocycles. The summed E-state index contributed by atoms with van der Waals surface area (Å²) in [7, 11) is -1.58. The number of rotatable bonds is 4. The maximum Gasteiger partial charge on any atom is 0.251 e. The van der Waals surface area contributed by atoms with Gasteiger partial charge in [-0.1, -0.05) is 48.1 Å². The number of nitrogens with zero attached hydrogens (tertiary/aromatic N) is 3. The number of piperidine rings is 1. The first kappa shape index (κ1) is 21.9. The molecule has 1 saturated heterocycles. The summed E-state index contributed by atoms with van der Waals surface area (Å²) in [6, 6.07) is 13.1. The average molecular weight is 458 g/mol. The number of thiazole rings is 1. The second-order valence-electron chi connectivity index (χ2n) is 8.00. The highest BCUT2D eigenvalue weighted by Gasteiger charge is 2.32. The molecule has 1 aliphatic heterocycles. The van der Waals surface area contributed by atoms with Gasteiger partial charge in [0.15, 0.2) is 4.80 Å². The van der Waals surface area contributed by atoms with Crippen LogP contribution in [0.1, 0.15) is 30.9 Å². The molecule has 8 heteroatoms. The summed E-state index contributed by atoms with van der Waals surface area (Å²) >= 11 is 1.52. The standard InChI is InChI=1S/C23H27N3O3S2/c1-4-17-6-5-7-20-21(17)25(3)23(30-20)24-22(27)18-12-14-26(15-13-18)31(28,29)19-10-8-16(2)9-11-19/h5-11,18H,4,12-15H2,1-3H3. The van der Waals surface area contributed by atoms with E-state index in [1.807, 2.05) is 24.6 Å². The maximum atomic E-state index is 12.9. The number of para-hydroxylation sites is 1. The number of carbonyl (C=O) groups is 1. The van der Waals surface area contributed by atoms with Gasteiger partial charge in [0.25, 0.3) is 5.91 Å². The lowest BCUT2D eigenvalue weighted by Crippen LogP contribution is -2.40. The van der Waals surface area contributed by atoms with Crippen molar-refractivity contribution in [1.82, 2.24) is 8.87 Å². The van der Waals surface area contributed by atoms with Crippen molar-refractivity contribution in [2.75, 3.05) is 13.1 Å². The van der Waals surface area contributed by atoms with Crippen molar-refractivity contribution in [3.8, 4) is 0 Å². The Kier molecular flexibility index (Phi) is 6.14. The second kappa shape index (κ2) is 8.68. The fourth-order valence-corrected chi connectivity index (χ4v) is 6.61. The molecule has 4 rings (SSSR count). The molecule has 164 valence electrons. The number of sulfonamides is 1. The van der Waals surface area contributed by atoms with Gasteiger partial charge in [-0.2, -0.15) is 9.30 Å². The molecule has 1 aliphatic rings. The SMILES string of the molecule is CCc1cccc2sc(=NC(=O)C3CCN(S(=O)(=O)c4ccc(C)cc4)CC3)n(C)c12. The van der Waals surface area contributed by atoms with E-state index in [1.165, 1.54) is 21.2 Å². The molecule has 2 aromatic carbocycles. The molecule has 0 unspecified atom stereocenters. The maximum absolute atomic E-state index is 12.9. The summed E-state index contributed by atoms with van der Waals surface area (Å²) in [6.45, 7) is 4.71. The number of hydrogen-bond acceptors (Lipinski definition) is 4. The van der Waals surface area contributed by atoms with Crippen LogP contribution in [-0.2, 0) is 28.3 Å². The first-order chi connectivity index (χ1) is 14.8. The smallest absolute Gasteiger partial charge is 0.251 e. The zero-order valence-corrected chi connectivity index (χ0v) is 19.7. The van der Waals surface area contributed by atoms with Crippen molar-refractivity contribution in [3.05, 3.63) is 58.4 Å². The topological polar surface area (TPSA) is 71.7 Å². The summed E-state index contributed by atoms with van der Waals surface area (Å²) in [5.74, 6) is -0.409. The van der Waals surface area contributed by atoms with Crippen molar-refractivity contribution in [2.24, 2.45) is 18.0 Å². The zero-order valence-electron chi connectivity index (χ0n) is 18.0.